The standard InChI is InChI=1S/C16H13N3O4/c1-9-3-5-12(14(7-9)19(21)22)15-6-4-11(23-15)8-13-10(2)17-18-16(13)20/h3-8H,1-2H3,(H,18,20)/b13-8-. The Morgan fingerprint density at radius 2 is 2.04 bits per heavy atom. The number of rotatable bonds is 3. The average Bonchev–Trinajstić information content (AvgIpc) is 3.09. The van der Waals surface area contributed by atoms with E-state index < -0.39 is 4.92 Å². The van der Waals surface area contributed by atoms with Crippen molar-refractivity contribution in [3.05, 3.63) is 57.3 Å². The fourth-order valence-corrected chi connectivity index (χ4v) is 2.31. The number of hydrazone groups is 1. The maximum atomic E-state index is 11.6. The van der Waals surface area contributed by atoms with Crippen LogP contribution in [0.3, 0.4) is 0 Å². The maximum Gasteiger partial charge on any atom is 0.280 e. The molecule has 7 nitrogen and oxygen atoms in total. The second kappa shape index (κ2) is 5.53. The first kappa shape index (κ1) is 14.7. The van der Waals surface area contributed by atoms with Crippen LogP contribution in [0.25, 0.3) is 17.4 Å². The minimum atomic E-state index is -0.440. The molecule has 0 radical (unpaired) electrons. The molecule has 2 aromatic rings. The zero-order chi connectivity index (χ0) is 16.6. The molecule has 2 heterocycles. The summed E-state index contributed by atoms with van der Waals surface area (Å²) >= 11 is 0. The van der Waals surface area contributed by atoms with Gasteiger partial charge in [-0.1, -0.05) is 6.07 Å². The molecule has 7 heteroatoms. The molecule has 0 aliphatic carbocycles. The first-order valence-electron chi connectivity index (χ1n) is 6.87. The smallest absolute Gasteiger partial charge is 0.280 e. The molecule has 0 atom stereocenters. The SMILES string of the molecule is CC1=NNC(=O)/C1=C\c1ccc(-c2ccc(C)cc2[N+](=O)[O-])o1. The summed E-state index contributed by atoms with van der Waals surface area (Å²) in [6.07, 6.45) is 1.56. The molecule has 0 saturated carbocycles. The van der Waals surface area contributed by atoms with Crippen LogP contribution in [0.2, 0.25) is 0 Å². The van der Waals surface area contributed by atoms with Crippen LogP contribution in [0.5, 0.6) is 0 Å². The number of nitrogens with one attached hydrogen (secondary N) is 1. The van der Waals surface area contributed by atoms with Gasteiger partial charge in [0.25, 0.3) is 11.6 Å². The van der Waals surface area contributed by atoms with Gasteiger partial charge in [0.05, 0.1) is 21.8 Å². The van der Waals surface area contributed by atoms with E-state index in [4.69, 9.17) is 4.42 Å². The quantitative estimate of drug-likeness (QED) is 0.535. The van der Waals surface area contributed by atoms with Crippen molar-refractivity contribution in [3.8, 4) is 11.3 Å². The molecule has 1 N–H and O–H groups in total. The van der Waals surface area contributed by atoms with Gasteiger partial charge in [0.15, 0.2) is 0 Å². The van der Waals surface area contributed by atoms with Crippen LogP contribution < -0.4 is 5.43 Å². The molecule has 1 aliphatic heterocycles. The van der Waals surface area contributed by atoms with Crippen molar-refractivity contribution in [1.82, 2.24) is 5.43 Å². The Balaban J connectivity index is 2.01. The van der Waals surface area contributed by atoms with Gasteiger partial charge >= 0.3 is 0 Å². The third kappa shape index (κ3) is 2.76. The van der Waals surface area contributed by atoms with Crippen LogP contribution in [-0.4, -0.2) is 16.5 Å². The van der Waals surface area contributed by atoms with E-state index in [0.717, 1.165) is 5.56 Å². The molecule has 1 aromatic heterocycles. The normalized spacial score (nSPS) is 15.7. The number of nitrogens with zero attached hydrogens (tertiary/aromatic N) is 2. The number of furan rings is 1. The summed E-state index contributed by atoms with van der Waals surface area (Å²) in [7, 11) is 0. The summed E-state index contributed by atoms with van der Waals surface area (Å²) in [6.45, 7) is 3.49. The van der Waals surface area contributed by atoms with Gasteiger partial charge in [-0.05, 0) is 43.7 Å². The predicted molar refractivity (Wildman–Crippen MR) is 84.8 cm³/mol. The van der Waals surface area contributed by atoms with E-state index in [1.165, 1.54) is 6.07 Å². The van der Waals surface area contributed by atoms with Crippen molar-refractivity contribution in [3.63, 3.8) is 0 Å². The highest BCUT2D eigenvalue weighted by atomic mass is 16.6. The Kier molecular flexibility index (Phi) is 3.53. The van der Waals surface area contributed by atoms with E-state index in [1.54, 1.807) is 44.2 Å². The van der Waals surface area contributed by atoms with Gasteiger partial charge in [0.1, 0.15) is 11.5 Å². The summed E-state index contributed by atoms with van der Waals surface area (Å²) in [6, 6.07) is 8.23. The van der Waals surface area contributed by atoms with Gasteiger partial charge in [-0.15, -0.1) is 0 Å². The molecule has 0 unspecified atom stereocenters. The molecule has 0 saturated heterocycles. The lowest BCUT2D eigenvalue weighted by Gasteiger charge is -2.01. The van der Waals surface area contributed by atoms with E-state index in [-0.39, 0.29) is 11.6 Å². The molecule has 1 amide bonds. The maximum absolute atomic E-state index is 11.6. The Bertz CT molecular complexity index is 877. The average molecular weight is 311 g/mol. The predicted octanol–water partition coefficient (Wildman–Crippen LogP) is 3.05. The molecule has 23 heavy (non-hydrogen) atoms. The van der Waals surface area contributed by atoms with E-state index >= 15 is 0 Å². The molecule has 0 spiro atoms. The molecule has 0 fully saturated rings. The summed E-state index contributed by atoms with van der Waals surface area (Å²) in [4.78, 5) is 22.4. The molecule has 1 aromatic carbocycles. The van der Waals surface area contributed by atoms with Crippen molar-refractivity contribution in [2.75, 3.05) is 0 Å². The van der Waals surface area contributed by atoms with E-state index in [2.05, 4.69) is 10.5 Å². The topological polar surface area (TPSA) is 97.7 Å². The number of nitro benzene ring substituents is 1. The van der Waals surface area contributed by atoms with Crippen LogP contribution >= 0.6 is 0 Å². The van der Waals surface area contributed by atoms with Crippen molar-refractivity contribution in [2.45, 2.75) is 13.8 Å². The minimum absolute atomic E-state index is 0.0186. The van der Waals surface area contributed by atoms with E-state index in [9.17, 15) is 14.9 Å². The highest BCUT2D eigenvalue weighted by Gasteiger charge is 2.21. The third-order valence-corrected chi connectivity index (χ3v) is 3.49. The van der Waals surface area contributed by atoms with Crippen LogP contribution in [-0.2, 0) is 4.79 Å². The third-order valence-electron chi connectivity index (χ3n) is 3.49. The molecule has 116 valence electrons. The summed E-state index contributed by atoms with van der Waals surface area (Å²) < 4.78 is 5.64. The highest BCUT2D eigenvalue weighted by molar-refractivity contribution is 6.26. The first-order chi connectivity index (χ1) is 11.0. The molecule has 0 bridgehead atoms. The zero-order valence-corrected chi connectivity index (χ0v) is 12.5. The molecular weight excluding hydrogens is 298 g/mol. The van der Waals surface area contributed by atoms with Gasteiger partial charge in [0.2, 0.25) is 0 Å². The van der Waals surface area contributed by atoms with Crippen molar-refractivity contribution in [2.24, 2.45) is 5.10 Å². The van der Waals surface area contributed by atoms with Crippen molar-refractivity contribution < 1.29 is 14.1 Å². The molecule has 3 rings (SSSR count). The molecule has 1 aliphatic rings. The number of carbonyl (C=O) groups is 1. The summed E-state index contributed by atoms with van der Waals surface area (Å²) in [5.74, 6) is 0.495. The fourth-order valence-electron chi connectivity index (χ4n) is 2.31. The summed E-state index contributed by atoms with van der Waals surface area (Å²) in [5, 5.41) is 15.0. The number of hydrogen-bond acceptors (Lipinski definition) is 5. The Morgan fingerprint density at radius 3 is 2.70 bits per heavy atom. The number of benzene rings is 1. The van der Waals surface area contributed by atoms with Gasteiger partial charge in [0, 0.05) is 6.07 Å². The lowest BCUT2D eigenvalue weighted by atomic mass is 10.1. The largest absolute Gasteiger partial charge is 0.456 e. The Hall–Kier alpha value is -3.22. The number of nitro groups is 1. The second-order valence-corrected chi connectivity index (χ2v) is 5.18. The minimum Gasteiger partial charge on any atom is -0.456 e. The number of amides is 1. The number of aryl methyl sites for hydroxylation is 1. The number of carbonyl (C=O) groups excluding carboxylic acids is 1. The van der Waals surface area contributed by atoms with Gasteiger partial charge in [-0.25, -0.2) is 5.43 Å². The fraction of sp³-hybridized carbons (Fsp3) is 0.125. The lowest BCUT2D eigenvalue weighted by molar-refractivity contribution is -0.384. The van der Waals surface area contributed by atoms with Crippen LogP contribution in [0.1, 0.15) is 18.2 Å². The highest BCUT2D eigenvalue weighted by Crippen LogP contribution is 2.32. The van der Waals surface area contributed by atoms with Gasteiger partial charge < -0.3 is 4.42 Å². The van der Waals surface area contributed by atoms with Crippen LogP contribution in [0.15, 0.2) is 45.4 Å². The Morgan fingerprint density at radius 1 is 1.26 bits per heavy atom. The monoisotopic (exact) mass is 311 g/mol. The van der Waals surface area contributed by atoms with Crippen molar-refractivity contribution in [1.29, 1.82) is 0 Å². The molecular formula is C16H13N3O4. The summed E-state index contributed by atoms with van der Waals surface area (Å²) in [5.41, 5.74) is 4.50. The van der Waals surface area contributed by atoms with Gasteiger partial charge in [-0.2, -0.15) is 5.10 Å². The van der Waals surface area contributed by atoms with Crippen molar-refractivity contribution >= 4 is 23.4 Å². The van der Waals surface area contributed by atoms with Crippen LogP contribution in [0, 0.1) is 17.0 Å². The van der Waals surface area contributed by atoms with Gasteiger partial charge in [-0.3, -0.25) is 14.9 Å². The van der Waals surface area contributed by atoms with E-state index in [0.29, 0.717) is 28.4 Å². The first-order valence-corrected chi connectivity index (χ1v) is 6.87. The second-order valence-electron chi connectivity index (χ2n) is 5.18. The zero-order valence-electron chi connectivity index (χ0n) is 12.5. The Labute approximate surface area is 131 Å². The van der Waals surface area contributed by atoms with E-state index in [1.807, 2.05) is 0 Å². The lowest BCUT2D eigenvalue weighted by Crippen LogP contribution is -2.12. The van der Waals surface area contributed by atoms with Crippen LogP contribution in [0.4, 0.5) is 5.69 Å². The number of hydrogen-bond donors (Lipinski definition) is 1.